The van der Waals surface area contributed by atoms with Crippen LogP contribution in [0.1, 0.15) is 0 Å². The first-order valence-corrected chi connectivity index (χ1v) is 11.1. The van der Waals surface area contributed by atoms with Crippen LogP contribution in [-0.2, 0) is 39.0 Å². The Morgan fingerprint density at radius 2 is 1.35 bits per heavy atom. The van der Waals surface area contributed by atoms with Gasteiger partial charge in [-0.25, -0.2) is 21.9 Å². The molecular formula is C6H7F8INO7PS2. The Balaban J connectivity index is 5.84. The molecule has 26 heavy (non-hydrogen) atoms. The van der Waals surface area contributed by atoms with E-state index in [1.165, 1.54) is 0 Å². The SMILES string of the molecule is COP(=O)(OC)S(=O)NS(=O)(=O)C(F)(F)C(F)(F)OC(F)(F)C(F)(F)I. The summed E-state index contributed by atoms with van der Waals surface area (Å²) in [4.78, 5) is 0. The van der Waals surface area contributed by atoms with Gasteiger partial charge in [0.2, 0.25) is 10.6 Å². The van der Waals surface area contributed by atoms with Crippen LogP contribution >= 0.6 is 29.4 Å². The van der Waals surface area contributed by atoms with Gasteiger partial charge in [0.15, 0.2) is 0 Å². The minimum atomic E-state index is -6.91. The van der Waals surface area contributed by atoms with Gasteiger partial charge in [-0.15, -0.1) is 4.13 Å². The average molecular weight is 579 g/mol. The summed E-state index contributed by atoms with van der Waals surface area (Å²) in [5, 5.41) is -6.67. The summed E-state index contributed by atoms with van der Waals surface area (Å²) in [5.74, 6) is 0. The van der Waals surface area contributed by atoms with Gasteiger partial charge in [-0.05, 0) is 0 Å². The normalized spacial score (nSPS) is 16.6. The molecule has 0 fully saturated rings. The highest BCUT2D eigenvalue weighted by Crippen LogP contribution is 2.52. The number of alkyl halides is 9. The molecule has 1 unspecified atom stereocenters. The number of halogens is 9. The molecule has 0 aromatic heterocycles. The monoisotopic (exact) mass is 579 g/mol. The van der Waals surface area contributed by atoms with Gasteiger partial charge < -0.3 is 9.05 Å². The minimum Gasteiger partial charge on any atom is -0.302 e. The first kappa shape index (κ1) is 26.3. The van der Waals surface area contributed by atoms with E-state index in [1.807, 2.05) is 4.74 Å². The predicted molar refractivity (Wildman–Crippen MR) is 76.7 cm³/mol. The van der Waals surface area contributed by atoms with Crippen LogP contribution in [0.4, 0.5) is 35.1 Å². The van der Waals surface area contributed by atoms with Gasteiger partial charge in [-0.2, -0.15) is 35.1 Å². The Bertz CT molecular complexity index is 690. The minimum absolute atomic E-state index is 0.257. The van der Waals surface area contributed by atoms with Gasteiger partial charge in [0.05, 0.1) is 0 Å². The van der Waals surface area contributed by atoms with Gasteiger partial charge in [-0.1, -0.05) is 0 Å². The Hall–Kier alpha value is 0.340. The summed E-state index contributed by atoms with van der Waals surface area (Å²) in [5.41, 5.74) is 0. The van der Waals surface area contributed by atoms with Crippen molar-refractivity contribution in [1.82, 2.24) is 4.13 Å². The highest BCUT2D eigenvalue weighted by atomic mass is 127. The Morgan fingerprint density at radius 1 is 0.962 bits per heavy atom. The van der Waals surface area contributed by atoms with Crippen molar-refractivity contribution < 1.29 is 66.1 Å². The molecule has 1 atom stereocenters. The summed E-state index contributed by atoms with van der Waals surface area (Å²) in [6.45, 7) is -4.96. The van der Waals surface area contributed by atoms with E-state index in [1.54, 1.807) is 0 Å². The third-order valence-electron chi connectivity index (χ3n) is 2.09. The lowest BCUT2D eigenvalue weighted by Crippen LogP contribution is -2.57. The van der Waals surface area contributed by atoms with Crippen LogP contribution in [0, 0.1) is 0 Å². The van der Waals surface area contributed by atoms with E-state index in [-0.39, 0.29) is 4.13 Å². The molecule has 0 rings (SSSR count). The molecule has 1 N–H and O–H groups in total. The molecule has 0 aliphatic heterocycles. The molecule has 0 radical (unpaired) electrons. The van der Waals surface area contributed by atoms with Crippen LogP contribution in [0.3, 0.4) is 0 Å². The maximum absolute atomic E-state index is 13.4. The largest absolute Gasteiger partial charge is 0.449 e. The van der Waals surface area contributed by atoms with Crippen molar-refractivity contribution in [2.45, 2.75) is 21.4 Å². The second-order valence-corrected chi connectivity index (χ2v) is 11.8. The molecule has 158 valence electrons. The van der Waals surface area contributed by atoms with Gasteiger partial charge in [0.1, 0.15) is 0 Å². The third-order valence-corrected chi connectivity index (χ3v) is 9.17. The van der Waals surface area contributed by atoms with Crippen LogP contribution in [0.15, 0.2) is 0 Å². The van der Waals surface area contributed by atoms with E-state index < -0.39 is 71.4 Å². The van der Waals surface area contributed by atoms with Crippen molar-refractivity contribution in [2.24, 2.45) is 0 Å². The Morgan fingerprint density at radius 3 is 1.65 bits per heavy atom. The number of ether oxygens (including phenoxy) is 1. The van der Waals surface area contributed by atoms with Crippen molar-refractivity contribution in [3.05, 3.63) is 0 Å². The number of hydrogen-bond acceptors (Lipinski definition) is 7. The summed E-state index contributed by atoms with van der Waals surface area (Å²) in [6, 6.07) is 0. The highest BCUT2D eigenvalue weighted by molar-refractivity contribution is 14.1. The topological polar surface area (TPSA) is 108 Å². The van der Waals surface area contributed by atoms with Crippen LogP contribution in [-0.4, -0.2) is 48.2 Å². The molecule has 0 aromatic carbocycles. The van der Waals surface area contributed by atoms with Crippen molar-refractivity contribution in [3.63, 3.8) is 0 Å². The maximum Gasteiger partial charge on any atom is 0.449 e. The highest BCUT2D eigenvalue weighted by Gasteiger charge is 2.74. The molecule has 0 aromatic rings. The zero-order valence-electron chi connectivity index (χ0n) is 12.0. The van der Waals surface area contributed by atoms with Crippen molar-refractivity contribution in [3.8, 4) is 0 Å². The molecule has 0 aliphatic carbocycles. The Labute approximate surface area is 156 Å². The molecule has 20 heteroatoms. The molecule has 0 saturated carbocycles. The van der Waals surface area contributed by atoms with Gasteiger partial charge in [0.25, 0.3) is 10.0 Å². The van der Waals surface area contributed by atoms with E-state index in [9.17, 15) is 52.3 Å². The van der Waals surface area contributed by atoms with Gasteiger partial charge in [0, 0.05) is 36.8 Å². The van der Waals surface area contributed by atoms with Crippen molar-refractivity contribution in [2.75, 3.05) is 14.2 Å². The molecule has 0 heterocycles. The zero-order chi connectivity index (χ0) is 21.4. The summed E-state index contributed by atoms with van der Waals surface area (Å²) < 4.78 is 154. The molecular weight excluding hydrogens is 572 g/mol. The number of nitrogens with one attached hydrogen (secondary N) is 1. The fourth-order valence-electron chi connectivity index (χ4n) is 0.836. The lowest BCUT2D eigenvalue weighted by Gasteiger charge is -2.30. The molecule has 0 aliphatic rings. The van der Waals surface area contributed by atoms with E-state index in [4.69, 9.17) is 0 Å². The van der Waals surface area contributed by atoms with E-state index in [2.05, 4.69) is 9.05 Å². The summed E-state index contributed by atoms with van der Waals surface area (Å²) >= 11 is -0.421. The fourth-order valence-corrected chi connectivity index (χ4v) is 5.77. The van der Waals surface area contributed by atoms with Gasteiger partial charge >= 0.3 is 28.2 Å². The van der Waals surface area contributed by atoms with E-state index in [0.29, 0.717) is 14.2 Å². The van der Waals surface area contributed by atoms with E-state index >= 15 is 0 Å². The first-order valence-electron chi connectivity index (χ1n) is 5.27. The lowest BCUT2D eigenvalue weighted by atomic mass is 10.6. The number of rotatable bonds is 10. The molecule has 0 bridgehead atoms. The maximum atomic E-state index is 13.4. The van der Waals surface area contributed by atoms with Crippen LogP contribution in [0.25, 0.3) is 0 Å². The number of sulfonamides is 1. The summed E-state index contributed by atoms with van der Waals surface area (Å²) in [7, 11) is -9.64. The van der Waals surface area contributed by atoms with Crippen LogP contribution in [0.5, 0.6) is 0 Å². The predicted octanol–water partition coefficient (Wildman–Crippen LogP) is 2.79. The second kappa shape index (κ2) is 7.99. The number of hydrogen-bond donors (Lipinski definition) is 1. The third kappa shape index (κ3) is 5.23. The zero-order valence-corrected chi connectivity index (χ0v) is 16.7. The van der Waals surface area contributed by atoms with Crippen LogP contribution in [0.2, 0.25) is 0 Å². The Kier molecular flexibility index (Phi) is 8.10. The molecule has 8 nitrogen and oxygen atoms in total. The molecule has 0 saturated heterocycles. The first-order chi connectivity index (χ1) is 11.2. The second-order valence-electron chi connectivity index (χ2n) is 3.80. The van der Waals surface area contributed by atoms with Crippen molar-refractivity contribution in [1.29, 1.82) is 0 Å². The van der Waals surface area contributed by atoms with E-state index in [0.717, 1.165) is 0 Å². The van der Waals surface area contributed by atoms with Crippen molar-refractivity contribution >= 4 is 50.0 Å². The smallest absolute Gasteiger partial charge is 0.302 e. The van der Waals surface area contributed by atoms with Gasteiger partial charge in [-0.3, -0.25) is 0 Å². The molecule has 0 spiro atoms. The average Bonchev–Trinajstić information content (AvgIpc) is 2.43. The standard InChI is InChI=1S/C6H7F8INO7PS2/c1-21-24(17,22-2)25(18)16-26(19,20)6(13,14)5(11,12)23-4(9,10)3(7,8)15/h16H,1-2H3. The quantitative estimate of drug-likeness (QED) is 0.184. The summed E-state index contributed by atoms with van der Waals surface area (Å²) in [6.07, 6.45) is -13.0. The van der Waals surface area contributed by atoms with Crippen LogP contribution < -0.4 is 4.13 Å². The fraction of sp³-hybridized carbons (Fsp3) is 1.00. The molecule has 0 amide bonds. The lowest BCUT2D eigenvalue weighted by molar-refractivity contribution is -0.438.